The SMILES string of the molecule is CC(C(=O)O)=C(CC(C)O)C(F)(F)C(F)(F)C(F)(C(F)(F)F)C(F)(F)F.O=C(O)C(F)=C(F)F. The molecule has 5 nitrogen and oxygen atoms in total. The molecule has 0 aliphatic heterocycles. The molecule has 0 aliphatic rings. The molecule has 0 aromatic heterocycles. The highest BCUT2D eigenvalue weighted by Gasteiger charge is 2.90. The maximum Gasteiger partial charge on any atom is 0.438 e. The molecule has 0 heterocycles. The van der Waals surface area contributed by atoms with E-state index in [2.05, 4.69) is 0 Å². The van der Waals surface area contributed by atoms with Crippen LogP contribution < -0.4 is 0 Å². The molecule has 200 valence electrons. The molecule has 0 saturated heterocycles. The Labute approximate surface area is 178 Å². The van der Waals surface area contributed by atoms with Gasteiger partial charge in [0.15, 0.2) is 0 Å². The summed E-state index contributed by atoms with van der Waals surface area (Å²) < 4.78 is 176. The molecule has 0 saturated carbocycles. The van der Waals surface area contributed by atoms with Crippen molar-refractivity contribution in [3.8, 4) is 0 Å². The van der Waals surface area contributed by atoms with Gasteiger partial charge in [0, 0.05) is 17.6 Å². The van der Waals surface area contributed by atoms with Gasteiger partial charge in [-0.25, -0.2) is 14.0 Å². The molecule has 19 heteroatoms. The molecule has 0 aromatic carbocycles. The van der Waals surface area contributed by atoms with Gasteiger partial charge in [-0.15, -0.1) is 0 Å². The second kappa shape index (κ2) is 10.8. The van der Waals surface area contributed by atoms with Crippen molar-refractivity contribution in [1.29, 1.82) is 0 Å². The molecule has 0 fully saturated rings. The average Bonchev–Trinajstić information content (AvgIpc) is 2.61. The van der Waals surface area contributed by atoms with Crippen molar-refractivity contribution < 1.29 is 86.4 Å². The fourth-order valence-corrected chi connectivity index (χ4v) is 1.94. The summed E-state index contributed by atoms with van der Waals surface area (Å²) in [6.07, 6.45) is -21.7. The number of rotatable bonds is 7. The van der Waals surface area contributed by atoms with E-state index in [9.17, 15) is 71.1 Å². The van der Waals surface area contributed by atoms with Crippen LogP contribution in [0.15, 0.2) is 23.1 Å². The smallest absolute Gasteiger partial charge is 0.438 e. The van der Waals surface area contributed by atoms with Crippen molar-refractivity contribution in [2.45, 2.75) is 56.2 Å². The van der Waals surface area contributed by atoms with Crippen molar-refractivity contribution in [2.75, 3.05) is 0 Å². The average molecular weight is 538 g/mol. The van der Waals surface area contributed by atoms with Gasteiger partial charge in [0.25, 0.3) is 5.83 Å². The van der Waals surface area contributed by atoms with E-state index in [1.807, 2.05) is 0 Å². The van der Waals surface area contributed by atoms with E-state index >= 15 is 0 Å². The minimum Gasteiger partial charge on any atom is -0.478 e. The standard InChI is InChI=1S/C12H11F11O3.C3HF3O2/c1-4(24)3-6(5(2)7(25)26)8(13,14)10(16,17)9(15,11(18,19)20)12(21,22)23;4-1(2(5)6)3(7)8/h4,24H,3H2,1-2H3,(H,25,26);(H,7,8). The van der Waals surface area contributed by atoms with Crippen molar-refractivity contribution in [2.24, 2.45) is 0 Å². The van der Waals surface area contributed by atoms with Crippen molar-refractivity contribution >= 4 is 11.9 Å². The van der Waals surface area contributed by atoms with Crippen LogP contribution in [0.2, 0.25) is 0 Å². The van der Waals surface area contributed by atoms with Crippen LogP contribution in [0.3, 0.4) is 0 Å². The first kappa shape index (κ1) is 33.6. The lowest BCUT2D eigenvalue weighted by atomic mass is 9.84. The quantitative estimate of drug-likeness (QED) is 0.298. The van der Waals surface area contributed by atoms with Gasteiger partial charge >= 0.3 is 47.9 Å². The first-order valence-corrected chi connectivity index (χ1v) is 7.85. The predicted molar refractivity (Wildman–Crippen MR) is 80.5 cm³/mol. The van der Waals surface area contributed by atoms with Crippen LogP contribution in [0.1, 0.15) is 20.3 Å². The van der Waals surface area contributed by atoms with E-state index in [1.165, 1.54) is 0 Å². The zero-order chi connectivity index (χ0) is 28.2. The van der Waals surface area contributed by atoms with Gasteiger partial charge < -0.3 is 15.3 Å². The number of aliphatic hydroxyl groups is 1. The number of carboxylic acid groups (broad SMARTS) is 2. The number of carboxylic acids is 2. The van der Waals surface area contributed by atoms with Gasteiger partial charge in [0.1, 0.15) is 0 Å². The summed E-state index contributed by atoms with van der Waals surface area (Å²) in [6, 6.07) is 0. The summed E-state index contributed by atoms with van der Waals surface area (Å²) in [5.41, 5.74) is -12.0. The fraction of sp³-hybridized carbons (Fsp3) is 0.600. The first-order chi connectivity index (χ1) is 14.7. The highest BCUT2D eigenvalue weighted by atomic mass is 19.4. The summed E-state index contributed by atoms with van der Waals surface area (Å²) in [6.45, 7) is 0.782. The molecular formula is C15H12F14O5. The summed E-state index contributed by atoms with van der Waals surface area (Å²) >= 11 is 0. The molecule has 0 aromatic rings. The summed E-state index contributed by atoms with van der Waals surface area (Å²) in [5, 5.41) is 25.0. The van der Waals surface area contributed by atoms with Gasteiger partial charge in [0.2, 0.25) is 0 Å². The molecule has 1 unspecified atom stereocenters. The molecule has 0 amide bonds. The third-order valence-electron chi connectivity index (χ3n) is 3.61. The summed E-state index contributed by atoms with van der Waals surface area (Å²) in [5.74, 6) is -21.1. The van der Waals surface area contributed by atoms with E-state index in [-0.39, 0.29) is 6.92 Å². The molecule has 0 aliphatic carbocycles. The lowest BCUT2D eigenvalue weighted by molar-refractivity contribution is -0.422. The lowest BCUT2D eigenvalue weighted by Gasteiger charge is -2.40. The third kappa shape index (κ3) is 6.72. The zero-order valence-corrected chi connectivity index (χ0v) is 16.2. The number of alkyl halides is 11. The number of hydrogen-bond donors (Lipinski definition) is 3. The van der Waals surface area contributed by atoms with Crippen LogP contribution in [0.4, 0.5) is 61.5 Å². The van der Waals surface area contributed by atoms with Crippen molar-refractivity contribution in [3.05, 3.63) is 23.1 Å². The van der Waals surface area contributed by atoms with Crippen LogP contribution in [0, 0.1) is 0 Å². The number of halogens is 14. The van der Waals surface area contributed by atoms with E-state index in [0.29, 0.717) is 6.92 Å². The molecule has 0 rings (SSSR count). The monoisotopic (exact) mass is 538 g/mol. The Morgan fingerprint density at radius 3 is 1.29 bits per heavy atom. The van der Waals surface area contributed by atoms with Crippen LogP contribution in [-0.4, -0.2) is 63.2 Å². The van der Waals surface area contributed by atoms with E-state index in [1.54, 1.807) is 0 Å². The van der Waals surface area contributed by atoms with Crippen molar-refractivity contribution in [3.63, 3.8) is 0 Å². The maximum absolute atomic E-state index is 14.0. The van der Waals surface area contributed by atoms with Gasteiger partial charge in [0.05, 0.1) is 6.10 Å². The second-order valence-electron chi connectivity index (χ2n) is 6.14. The first-order valence-electron chi connectivity index (χ1n) is 7.85. The maximum atomic E-state index is 14.0. The van der Waals surface area contributed by atoms with Gasteiger partial charge in [-0.1, -0.05) is 0 Å². The van der Waals surface area contributed by atoms with Crippen LogP contribution in [0.25, 0.3) is 0 Å². The Hall–Kier alpha value is -2.60. The van der Waals surface area contributed by atoms with Crippen LogP contribution in [-0.2, 0) is 9.59 Å². The molecule has 0 spiro atoms. The summed E-state index contributed by atoms with van der Waals surface area (Å²) in [7, 11) is 0. The van der Waals surface area contributed by atoms with E-state index in [4.69, 9.17) is 15.3 Å². The highest BCUT2D eigenvalue weighted by molar-refractivity contribution is 5.87. The fourth-order valence-electron chi connectivity index (χ4n) is 1.94. The Kier molecular flexibility index (Phi) is 10.6. The van der Waals surface area contributed by atoms with Gasteiger partial charge in [-0.2, -0.15) is 57.1 Å². The van der Waals surface area contributed by atoms with Gasteiger partial charge in [-0.05, 0) is 13.8 Å². The predicted octanol–water partition coefficient (Wildman–Crippen LogP) is 5.41. The van der Waals surface area contributed by atoms with E-state index < -0.39 is 77.4 Å². The molecule has 0 radical (unpaired) electrons. The number of carbonyl (C=O) groups is 2. The number of aliphatic carboxylic acids is 2. The minimum absolute atomic E-state index is 0.172. The van der Waals surface area contributed by atoms with Crippen molar-refractivity contribution in [1.82, 2.24) is 0 Å². The van der Waals surface area contributed by atoms with Crippen LogP contribution >= 0.6 is 0 Å². The molecule has 0 bridgehead atoms. The lowest BCUT2D eigenvalue weighted by Crippen LogP contribution is -2.70. The Morgan fingerprint density at radius 2 is 1.12 bits per heavy atom. The van der Waals surface area contributed by atoms with Crippen LogP contribution in [0.5, 0.6) is 0 Å². The number of hydrogen-bond acceptors (Lipinski definition) is 3. The normalized spacial score (nSPS) is 15.0. The Balaban J connectivity index is 0. The van der Waals surface area contributed by atoms with E-state index in [0.717, 1.165) is 0 Å². The third-order valence-corrected chi connectivity index (χ3v) is 3.61. The highest BCUT2D eigenvalue weighted by Crippen LogP contribution is 2.61. The molecular weight excluding hydrogens is 526 g/mol. The minimum atomic E-state index is -7.70. The molecule has 1 atom stereocenters. The summed E-state index contributed by atoms with van der Waals surface area (Å²) in [4.78, 5) is 19.9. The number of aliphatic hydroxyl groups excluding tert-OH is 1. The Morgan fingerprint density at radius 1 is 0.765 bits per heavy atom. The molecule has 3 N–H and O–H groups in total. The van der Waals surface area contributed by atoms with Gasteiger partial charge in [-0.3, -0.25) is 0 Å². The topological polar surface area (TPSA) is 94.8 Å². The molecule has 34 heavy (non-hydrogen) atoms. The zero-order valence-electron chi connectivity index (χ0n) is 16.2. The largest absolute Gasteiger partial charge is 0.478 e. The second-order valence-corrected chi connectivity index (χ2v) is 6.14. The Bertz CT molecular complexity index is 804.